The summed E-state index contributed by atoms with van der Waals surface area (Å²) in [5.74, 6) is 1.30. The maximum absolute atomic E-state index is 9.41. The molecule has 0 atom stereocenters. The first-order valence-corrected chi connectivity index (χ1v) is 10.4. The van der Waals surface area contributed by atoms with Crippen LogP contribution in [0.2, 0.25) is 0 Å². The lowest BCUT2D eigenvalue weighted by molar-refractivity contribution is 0.340. The Kier molecular flexibility index (Phi) is 6.09. The molecule has 0 spiro atoms. The highest BCUT2D eigenvalue weighted by molar-refractivity contribution is 5.86. The number of hydrogen-bond donors (Lipinski definition) is 1. The second kappa shape index (κ2) is 9.27. The van der Waals surface area contributed by atoms with E-state index in [9.17, 15) is 5.26 Å². The average Bonchev–Trinajstić information content (AvgIpc) is 2.81. The quantitative estimate of drug-likeness (QED) is 0.435. The number of nitriles is 1. The summed E-state index contributed by atoms with van der Waals surface area (Å²) in [6.45, 7) is 5.32. The molecule has 0 saturated heterocycles. The molecule has 0 aliphatic heterocycles. The SMILES string of the molecule is CCOc1c(C#N)cccc1-c1cc(NCCc2ccc3ccccc3c2C)ncn1. The van der Waals surface area contributed by atoms with E-state index < -0.39 is 0 Å². The molecule has 1 heterocycles. The second-order valence-electron chi connectivity index (χ2n) is 7.26. The summed E-state index contributed by atoms with van der Waals surface area (Å²) < 4.78 is 5.74. The van der Waals surface area contributed by atoms with Crippen LogP contribution in [0, 0.1) is 18.3 Å². The molecule has 4 aromatic rings. The van der Waals surface area contributed by atoms with Gasteiger partial charge in [0.05, 0.1) is 17.9 Å². The third kappa shape index (κ3) is 4.34. The first-order chi connectivity index (χ1) is 15.2. The van der Waals surface area contributed by atoms with Crippen molar-refractivity contribution in [2.24, 2.45) is 0 Å². The van der Waals surface area contributed by atoms with E-state index in [2.05, 4.69) is 64.7 Å². The minimum Gasteiger partial charge on any atom is -0.492 e. The molecule has 1 aromatic heterocycles. The van der Waals surface area contributed by atoms with Gasteiger partial charge in [0.25, 0.3) is 0 Å². The van der Waals surface area contributed by atoms with Crippen molar-refractivity contribution in [1.82, 2.24) is 9.97 Å². The van der Waals surface area contributed by atoms with Gasteiger partial charge in [0.2, 0.25) is 0 Å². The van der Waals surface area contributed by atoms with Gasteiger partial charge < -0.3 is 10.1 Å². The Bertz CT molecular complexity index is 1260. The van der Waals surface area contributed by atoms with Crippen LogP contribution in [0.3, 0.4) is 0 Å². The lowest BCUT2D eigenvalue weighted by atomic mass is 9.98. The standard InChI is InChI=1S/C26H24N4O/c1-3-31-26-21(16-27)8-6-10-23(26)24-15-25(30-17-29-24)28-14-13-19-11-12-20-7-4-5-9-22(20)18(19)2/h4-12,15,17H,3,13-14H2,1-2H3,(H,28,29,30). The van der Waals surface area contributed by atoms with E-state index in [-0.39, 0.29) is 0 Å². The molecule has 0 radical (unpaired) electrons. The van der Waals surface area contributed by atoms with Gasteiger partial charge in [-0.2, -0.15) is 5.26 Å². The second-order valence-corrected chi connectivity index (χ2v) is 7.26. The molecule has 4 rings (SSSR count). The predicted octanol–water partition coefficient (Wildman–Crippen LogP) is 5.53. The molecule has 5 nitrogen and oxygen atoms in total. The summed E-state index contributed by atoms with van der Waals surface area (Å²) in [6.07, 6.45) is 2.43. The number of aryl methyl sites for hydroxylation is 1. The van der Waals surface area contributed by atoms with Crippen LogP contribution >= 0.6 is 0 Å². The van der Waals surface area contributed by atoms with Crippen molar-refractivity contribution in [3.63, 3.8) is 0 Å². The third-order valence-corrected chi connectivity index (χ3v) is 5.38. The zero-order valence-corrected chi connectivity index (χ0v) is 17.7. The van der Waals surface area contributed by atoms with Crippen LogP contribution in [0.25, 0.3) is 22.0 Å². The molecule has 1 N–H and O–H groups in total. The highest BCUT2D eigenvalue weighted by Gasteiger charge is 2.13. The summed E-state index contributed by atoms with van der Waals surface area (Å²) in [5.41, 5.74) is 4.65. The van der Waals surface area contributed by atoms with E-state index in [1.165, 1.54) is 28.2 Å². The third-order valence-electron chi connectivity index (χ3n) is 5.38. The van der Waals surface area contributed by atoms with Crippen molar-refractivity contribution in [3.05, 3.63) is 83.7 Å². The Morgan fingerprint density at radius 2 is 1.90 bits per heavy atom. The minimum absolute atomic E-state index is 0.479. The number of benzene rings is 3. The van der Waals surface area contributed by atoms with Gasteiger partial charge in [0, 0.05) is 18.2 Å². The molecule has 5 heteroatoms. The minimum atomic E-state index is 0.479. The van der Waals surface area contributed by atoms with Gasteiger partial charge in [-0.15, -0.1) is 0 Å². The number of aromatic nitrogens is 2. The van der Waals surface area contributed by atoms with Crippen LogP contribution in [-0.2, 0) is 6.42 Å². The predicted molar refractivity (Wildman–Crippen MR) is 124 cm³/mol. The number of anilines is 1. The van der Waals surface area contributed by atoms with Crippen molar-refractivity contribution >= 4 is 16.6 Å². The number of nitrogens with zero attached hydrogens (tertiary/aromatic N) is 3. The molecule has 3 aromatic carbocycles. The van der Waals surface area contributed by atoms with Gasteiger partial charge in [-0.05, 0) is 54.3 Å². The van der Waals surface area contributed by atoms with E-state index in [1.807, 2.05) is 25.1 Å². The van der Waals surface area contributed by atoms with Crippen molar-refractivity contribution in [1.29, 1.82) is 5.26 Å². The molecule has 0 amide bonds. The van der Waals surface area contributed by atoms with E-state index in [0.717, 1.165) is 30.0 Å². The van der Waals surface area contributed by atoms with Gasteiger partial charge in [-0.1, -0.05) is 42.5 Å². The zero-order chi connectivity index (χ0) is 21.6. The zero-order valence-electron chi connectivity index (χ0n) is 17.7. The number of fused-ring (bicyclic) bond motifs is 1. The summed E-state index contributed by atoms with van der Waals surface area (Å²) in [7, 11) is 0. The lowest BCUT2D eigenvalue weighted by Gasteiger charge is -2.13. The Morgan fingerprint density at radius 3 is 2.74 bits per heavy atom. The Hall–Kier alpha value is -3.91. The number of nitrogens with one attached hydrogen (secondary N) is 1. The molecule has 154 valence electrons. The first-order valence-electron chi connectivity index (χ1n) is 10.4. The van der Waals surface area contributed by atoms with E-state index in [4.69, 9.17) is 4.74 Å². The topological polar surface area (TPSA) is 70.8 Å². The summed E-state index contributed by atoms with van der Waals surface area (Å²) in [5, 5.41) is 15.4. The normalized spacial score (nSPS) is 10.6. The van der Waals surface area contributed by atoms with Gasteiger partial charge in [-0.3, -0.25) is 0 Å². The molecule has 0 fully saturated rings. The fourth-order valence-corrected chi connectivity index (χ4v) is 3.80. The highest BCUT2D eigenvalue weighted by Crippen LogP contribution is 2.32. The fraction of sp³-hybridized carbons (Fsp3) is 0.192. The van der Waals surface area contributed by atoms with Crippen LogP contribution in [0.15, 0.2) is 67.0 Å². The summed E-state index contributed by atoms with van der Waals surface area (Å²) >= 11 is 0. The number of hydrogen-bond acceptors (Lipinski definition) is 5. The largest absolute Gasteiger partial charge is 0.492 e. The molecular formula is C26H24N4O. The number of rotatable bonds is 7. The van der Waals surface area contributed by atoms with Crippen LogP contribution in [0.5, 0.6) is 5.75 Å². The summed E-state index contributed by atoms with van der Waals surface area (Å²) in [6, 6.07) is 22.4. The Balaban J connectivity index is 1.52. The monoisotopic (exact) mass is 408 g/mol. The van der Waals surface area contributed by atoms with Crippen LogP contribution in [0.1, 0.15) is 23.6 Å². The molecule has 0 unspecified atom stereocenters. The Labute approximate surface area is 182 Å². The van der Waals surface area contributed by atoms with E-state index in [0.29, 0.717) is 17.9 Å². The molecular weight excluding hydrogens is 384 g/mol. The fourth-order valence-electron chi connectivity index (χ4n) is 3.80. The van der Waals surface area contributed by atoms with Gasteiger partial charge in [0.1, 0.15) is 24.0 Å². The smallest absolute Gasteiger partial charge is 0.146 e. The van der Waals surface area contributed by atoms with Gasteiger partial charge in [-0.25, -0.2) is 9.97 Å². The molecule has 31 heavy (non-hydrogen) atoms. The average molecular weight is 409 g/mol. The lowest BCUT2D eigenvalue weighted by Crippen LogP contribution is -2.08. The maximum atomic E-state index is 9.41. The van der Waals surface area contributed by atoms with Gasteiger partial charge >= 0.3 is 0 Å². The van der Waals surface area contributed by atoms with Crippen LogP contribution in [-0.4, -0.2) is 23.1 Å². The van der Waals surface area contributed by atoms with Gasteiger partial charge in [0.15, 0.2) is 0 Å². The van der Waals surface area contributed by atoms with Crippen molar-refractivity contribution in [3.8, 4) is 23.1 Å². The van der Waals surface area contributed by atoms with Crippen LogP contribution < -0.4 is 10.1 Å². The molecule has 0 saturated carbocycles. The van der Waals surface area contributed by atoms with Crippen LogP contribution in [0.4, 0.5) is 5.82 Å². The first kappa shape index (κ1) is 20.4. The van der Waals surface area contributed by atoms with E-state index in [1.54, 1.807) is 6.07 Å². The molecule has 0 aliphatic carbocycles. The molecule has 0 bridgehead atoms. The summed E-state index contributed by atoms with van der Waals surface area (Å²) in [4.78, 5) is 8.76. The number of para-hydroxylation sites is 1. The van der Waals surface area contributed by atoms with Crippen molar-refractivity contribution in [2.45, 2.75) is 20.3 Å². The maximum Gasteiger partial charge on any atom is 0.146 e. The van der Waals surface area contributed by atoms with E-state index >= 15 is 0 Å². The number of ether oxygens (including phenoxy) is 1. The van der Waals surface area contributed by atoms with Crippen molar-refractivity contribution < 1.29 is 4.74 Å². The molecule has 0 aliphatic rings. The van der Waals surface area contributed by atoms with Crippen molar-refractivity contribution in [2.75, 3.05) is 18.5 Å². The highest BCUT2D eigenvalue weighted by atomic mass is 16.5. The Morgan fingerprint density at radius 1 is 1.03 bits per heavy atom.